The van der Waals surface area contributed by atoms with Gasteiger partial charge in [0, 0.05) is 31.7 Å². The SMILES string of the molecule is COc1cc(C#N)ccc1NC1CCN(CC(C)C)CC1. The highest BCUT2D eigenvalue weighted by atomic mass is 16.5. The predicted molar refractivity (Wildman–Crippen MR) is 85.6 cm³/mol. The molecule has 0 aliphatic carbocycles. The van der Waals surface area contributed by atoms with E-state index in [1.165, 1.54) is 6.54 Å². The summed E-state index contributed by atoms with van der Waals surface area (Å²) < 4.78 is 5.38. The van der Waals surface area contributed by atoms with Gasteiger partial charge in [0.15, 0.2) is 0 Å². The second-order valence-electron chi connectivity index (χ2n) is 6.14. The molecule has 1 aliphatic rings. The van der Waals surface area contributed by atoms with Gasteiger partial charge in [0.1, 0.15) is 5.75 Å². The molecule has 1 aliphatic heterocycles. The van der Waals surface area contributed by atoms with E-state index in [1.807, 2.05) is 12.1 Å². The number of benzene rings is 1. The van der Waals surface area contributed by atoms with Crippen LogP contribution in [0.4, 0.5) is 5.69 Å². The Morgan fingerprint density at radius 3 is 2.67 bits per heavy atom. The zero-order chi connectivity index (χ0) is 15.2. The quantitative estimate of drug-likeness (QED) is 0.904. The third-order valence-electron chi connectivity index (χ3n) is 3.90. The molecule has 1 heterocycles. The Morgan fingerprint density at radius 1 is 1.38 bits per heavy atom. The van der Waals surface area contributed by atoms with E-state index in [1.54, 1.807) is 13.2 Å². The Balaban J connectivity index is 1.93. The molecule has 4 heteroatoms. The number of rotatable bonds is 5. The molecule has 1 aromatic carbocycles. The van der Waals surface area contributed by atoms with Gasteiger partial charge >= 0.3 is 0 Å². The van der Waals surface area contributed by atoms with E-state index in [0.29, 0.717) is 11.6 Å². The van der Waals surface area contributed by atoms with Gasteiger partial charge in [-0.15, -0.1) is 0 Å². The normalized spacial score (nSPS) is 16.7. The first-order valence-electron chi connectivity index (χ1n) is 7.69. The number of nitrogens with zero attached hydrogens (tertiary/aromatic N) is 2. The number of nitrogens with one attached hydrogen (secondary N) is 1. The van der Waals surface area contributed by atoms with Gasteiger partial charge in [0.05, 0.1) is 24.4 Å². The molecule has 0 unspecified atom stereocenters. The topological polar surface area (TPSA) is 48.3 Å². The summed E-state index contributed by atoms with van der Waals surface area (Å²) in [6.45, 7) is 8.02. The molecule has 0 atom stereocenters. The number of methoxy groups -OCH3 is 1. The molecule has 0 aromatic heterocycles. The van der Waals surface area contributed by atoms with Crippen molar-refractivity contribution in [3.63, 3.8) is 0 Å². The second kappa shape index (κ2) is 7.33. The van der Waals surface area contributed by atoms with Crippen LogP contribution >= 0.6 is 0 Å². The molecule has 21 heavy (non-hydrogen) atoms. The minimum absolute atomic E-state index is 0.482. The summed E-state index contributed by atoms with van der Waals surface area (Å²) in [5.41, 5.74) is 1.61. The lowest BCUT2D eigenvalue weighted by molar-refractivity contribution is 0.198. The summed E-state index contributed by atoms with van der Waals surface area (Å²) in [6.07, 6.45) is 2.30. The van der Waals surface area contributed by atoms with Crippen molar-refractivity contribution in [1.82, 2.24) is 4.90 Å². The molecule has 0 spiro atoms. The smallest absolute Gasteiger partial charge is 0.143 e. The lowest BCUT2D eigenvalue weighted by Gasteiger charge is -2.34. The molecule has 0 amide bonds. The van der Waals surface area contributed by atoms with Crippen molar-refractivity contribution >= 4 is 5.69 Å². The Labute approximate surface area is 127 Å². The van der Waals surface area contributed by atoms with E-state index < -0.39 is 0 Å². The van der Waals surface area contributed by atoms with Crippen molar-refractivity contribution in [2.75, 3.05) is 32.1 Å². The van der Waals surface area contributed by atoms with Crippen LogP contribution in [0.2, 0.25) is 0 Å². The minimum atomic E-state index is 0.482. The largest absolute Gasteiger partial charge is 0.495 e. The molecule has 0 bridgehead atoms. The van der Waals surface area contributed by atoms with Gasteiger partial charge in [-0.3, -0.25) is 0 Å². The van der Waals surface area contributed by atoms with E-state index >= 15 is 0 Å². The Morgan fingerprint density at radius 2 is 2.10 bits per heavy atom. The number of likely N-dealkylation sites (tertiary alicyclic amines) is 1. The van der Waals surface area contributed by atoms with Gasteiger partial charge in [0.2, 0.25) is 0 Å². The fourth-order valence-corrected chi connectivity index (χ4v) is 2.88. The van der Waals surface area contributed by atoms with Gasteiger partial charge in [-0.2, -0.15) is 5.26 Å². The summed E-state index contributed by atoms with van der Waals surface area (Å²) in [5.74, 6) is 1.48. The molecule has 0 radical (unpaired) electrons. The molecule has 1 fully saturated rings. The number of ether oxygens (including phenoxy) is 1. The lowest BCUT2D eigenvalue weighted by atomic mass is 10.0. The number of nitriles is 1. The van der Waals surface area contributed by atoms with Gasteiger partial charge in [-0.05, 0) is 30.9 Å². The maximum absolute atomic E-state index is 8.94. The number of piperidine rings is 1. The number of hydrogen-bond acceptors (Lipinski definition) is 4. The highest BCUT2D eigenvalue weighted by Gasteiger charge is 2.20. The number of anilines is 1. The van der Waals surface area contributed by atoms with Crippen LogP contribution in [0.1, 0.15) is 32.3 Å². The fourth-order valence-electron chi connectivity index (χ4n) is 2.88. The molecule has 1 saturated heterocycles. The average Bonchev–Trinajstić information content (AvgIpc) is 2.49. The third kappa shape index (κ3) is 4.37. The van der Waals surface area contributed by atoms with Crippen LogP contribution in [0.3, 0.4) is 0 Å². The highest BCUT2D eigenvalue weighted by Crippen LogP contribution is 2.27. The van der Waals surface area contributed by atoms with Gasteiger partial charge < -0.3 is 15.0 Å². The first-order valence-corrected chi connectivity index (χ1v) is 7.69. The van der Waals surface area contributed by atoms with Crippen molar-refractivity contribution in [2.24, 2.45) is 5.92 Å². The minimum Gasteiger partial charge on any atom is -0.495 e. The molecular weight excluding hydrogens is 262 g/mol. The average molecular weight is 287 g/mol. The van der Waals surface area contributed by atoms with Crippen LogP contribution in [0.15, 0.2) is 18.2 Å². The van der Waals surface area contributed by atoms with Crippen LogP contribution in [-0.2, 0) is 0 Å². The van der Waals surface area contributed by atoms with E-state index in [9.17, 15) is 0 Å². The zero-order valence-electron chi connectivity index (χ0n) is 13.2. The fraction of sp³-hybridized carbons (Fsp3) is 0.588. The van der Waals surface area contributed by atoms with E-state index in [4.69, 9.17) is 10.00 Å². The van der Waals surface area contributed by atoms with Crippen molar-refractivity contribution in [3.8, 4) is 11.8 Å². The van der Waals surface area contributed by atoms with Crippen molar-refractivity contribution in [2.45, 2.75) is 32.7 Å². The van der Waals surface area contributed by atoms with E-state index in [0.717, 1.165) is 43.3 Å². The zero-order valence-corrected chi connectivity index (χ0v) is 13.2. The van der Waals surface area contributed by atoms with Crippen LogP contribution < -0.4 is 10.1 Å². The molecular formula is C17H25N3O. The summed E-state index contributed by atoms with van der Waals surface area (Å²) in [7, 11) is 1.65. The second-order valence-corrected chi connectivity index (χ2v) is 6.14. The van der Waals surface area contributed by atoms with Gasteiger partial charge in [-0.1, -0.05) is 13.8 Å². The Kier molecular flexibility index (Phi) is 5.46. The highest BCUT2D eigenvalue weighted by molar-refractivity contribution is 5.60. The number of hydrogen-bond donors (Lipinski definition) is 1. The summed E-state index contributed by atoms with van der Waals surface area (Å²) >= 11 is 0. The van der Waals surface area contributed by atoms with Crippen LogP contribution in [0.25, 0.3) is 0 Å². The maximum Gasteiger partial charge on any atom is 0.143 e. The lowest BCUT2D eigenvalue weighted by Crippen LogP contribution is -2.40. The summed E-state index contributed by atoms with van der Waals surface area (Å²) in [4.78, 5) is 2.54. The summed E-state index contributed by atoms with van der Waals surface area (Å²) in [5, 5.41) is 12.5. The van der Waals surface area contributed by atoms with Gasteiger partial charge in [-0.25, -0.2) is 0 Å². The van der Waals surface area contributed by atoms with E-state index in [-0.39, 0.29) is 0 Å². The van der Waals surface area contributed by atoms with Gasteiger partial charge in [0.25, 0.3) is 0 Å². The van der Waals surface area contributed by atoms with Crippen LogP contribution in [0.5, 0.6) is 5.75 Å². The Hall–Kier alpha value is -1.73. The van der Waals surface area contributed by atoms with Crippen LogP contribution in [-0.4, -0.2) is 37.7 Å². The van der Waals surface area contributed by atoms with Crippen molar-refractivity contribution in [1.29, 1.82) is 5.26 Å². The summed E-state index contributed by atoms with van der Waals surface area (Å²) in [6, 6.07) is 8.19. The molecule has 0 saturated carbocycles. The molecule has 2 rings (SSSR count). The van der Waals surface area contributed by atoms with Crippen molar-refractivity contribution < 1.29 is 4.74 Å². The third-order valence-corrected chi connectivity index (χ3v) is 3.90. The Bertz CT molecular complexity index is 499. The maximum atomic E-state index is 8.94. The monoisotopic (exact) mass is 287 g/mol. The molecule has 4 nitrogen and oxygen atoms in total. The standard InChI is InChI=1S/C17H25N3O/c1-13(2)12-20-8-6-15(7-9-20)19-16-5-4-14(11-18)10-17(16)21-3/h4-5,10,13,15,19H,6-9,12H2,1-3H3. The van der Waals surface area contributed by atoms with Crippen LogP contribution in [0, 0.1) is 17.2 Å². The van der Waals surface area contributed by atoms with E-state index in [2.05, 4.69) is 30.1 Å². The first kappa shape index (κ1) is 15.7. The molecule has 1 N–H and O–H groups in total. The molecule has 1 aromatic rings. The van der Waals surface area contributed by atoms with Crippen molar-refractivity contribution in [3.05, 3.63) is 23.8 Å². The first-order chi connectivity index (χ1) is 10.1. The predicted octanol–water partition coefficient (Wildman–Crippen LogP) is 3.10. The molecule has 114 valence electrons.